The van der Waals surface area contributed by atoms with E-state index in [1.165, 1.54) is 24.8 Å². The molecule has 0 aromatic carbocycles. The van der Waals surface area contributed by atoms with Crippen LogP contribution in [0.5, 0.6) is 5.75 Å². The van der Waals surface area contributed by atoms with Gasteiger partial charge in [0.05, 0.1) is 24.7 Å². The van der Waals surface area contributed by atoms with Crippen LogP contribution >= 0.6 is 0 Å². The Labute approximate surface area is 165 Å². The van der Waals surface area contributed by atoms with E-state index < -0.39 is 0 Å². The third kappa shape index (κ3) is 3.33. The molecule has 2 fully saturated rings. The van der Waals surface area contributed by atoms with Crippen molar-refractivity contribution >= 4 is 11.5 Å². The summed E-state index contributed by atoms with van der Waals surface area (Å²) in [6.45, 7) is 4.37. The number of methoxy groups -OCH3 is 1. The van der Waals surface area contributed by atoms with Gasteiger partial charge in [0.15, 0.2) is 0 Å². The molecule has 0 bridgehead atoms. The predicted octanol–water partition coefficient (Wildman–Crippen LogP) is 3.69. The van der Waals surface area contributed by atoms with E-state index in [1.807, 2.05) is 18.3 Å². The zero-order chi connectivity index (χ0) is 19.1. The van der Waals surface area contributed by atoms with Crippen molar-refractivity contribution in [2.24, 2.45) is 5.92 Å². The molecule has 5 rings (SSSR count). The number of rotatable bonds is 5. The van der Waals surface area contributed by atoms with Gasteiger partial charge in [-0.1, -0.05) is 13.0 Å². The monoisotopic (exact) mass is 377 g/mol. The van der Waals surface area contributed by atoms with Gasteiger partial charge in [0.1, 0.15) is 17.2 Å². The number of aromatic nitrogens is 3. The molecule has 1 saturated carbocycles. The highest BCUT2D eigenvalue weighted by atomic mass is 16.5. The van der Waals surface area contributed by atoms with Gasteiger partial charge in [-0.25, -0.2) is 9.97 Å². The van der Waals surface area contributed by atoms with Crippen molar-refractivity contribution in [2.45, 2.75) is 38.1 Å². The minimum absolute atomic E-state index is 0.416. The number of pyridine rings is 2. The maximum absolute atomic E-state index is 5.60. The van der Waals surface area contributed by atoms with Gasteiger partial charge in [0.2, 0.25) is 0 Å². The van der Waals surface area contributed by atoms with Gasteiger partial charge in [-0.15, -0.1) is 0 Å². The first-order chi connectivity index (χ1) is 13.7. The fourth-order valence-corrected chi connectivity index (χ4v) is 4.22. The largest absolute Gasteiger partial charge is 0.496 e. The molecule has 2 N–H and O–H groups in total. The van der Waals surface area contributed by atoms with Gasteiger partial charge < -0.3 is 15.4 Å². The molecule has 2 aliphatic rings. The number of fused-ring (bicyclic) bond motifs is 1. The standard InChI is InChI=1S/C22H27N5O/c1-14-8-16(11-23-10-14)25-21-5-3-4-18(26-21)19-12-24-22-9-20(28-2)17(13-27(19)22)15-6-7-15/h3-5,9,12-16,23H,6-8,10-11H2,1-2H3,(H,25,26)/t14-,16+/m0/s1. The van der Waals surface area contributed by atoms with Crippen LogP contribution in [0.1, 0.15) is 37.7 Å². The Bertz CT molecular complexity index is 994. The first-order valence-electron chi connectivity index (χ1n) is 10.2. The molecule has 0 spiro atoms. The summed E-state index contributed by atoms with van der Waals surface area (Å²) in [6, 6.07) is 8.62. The summed E-state index contributed by atoms with van der Waals surface area (Å²) < 4.78 is 7.74. The molecular weight excluding hydrogens is 350 g/mol. The van der Waals surface area contributed by atoms with E-state index in [0.717, 1.165) is 41.7 Å². The van der Waals surface area contributed by atoms with Crippen molar-refractivity contribution in [3.63, 3.8) is 0 Å². The van der Waals surface area contributed by atoms with Crippen LogP contribution in [-0.2, 0) is 0 Å². The van der Waals surface area contributed by atoms with Gasteiger partial charge in [0, 0.05) is 30.4 Å². The number of piperidine rings is 1. The van der Waals surface area contributed by atoms with E-state index in [4.69, 9.17) is 9.72 Å². The molecule has 1 aliphatic carbocycles. The summed E-state index contributed by atoms with van der Waals surface area (Å²) in [5, 5.41) is 7.08. The molecule has 1 aliphatic heterocycles. The van der Waals surface area contributed by atoms with Crippen molar-refractivity contribution in [1.29, 1.82) is 0 Å². The van der Waals surface area contributed by atoms with Crippen LogP contribution in [0.4, 0.5) is 5.82 Å². The number of ether oxygens (including phenoxy) is 1. The Balaban J connectivity index is 1.47. The normalized spacial score (nSPS) is 22.4. The van der Waals surface area contributed by atoms with Gasteiger partial charge in [-0.3, -0.25) is 4.40 Å². The second-order valence-corrected chi connectivity index (χ2v) is 8.19. The summed E-state index contributed by atoms with van der Waals surface area (Å²) in [5.74, 6) is 3.15. The van der Waals surface area contributed by atoms with E-state index in [0.29, 0.717) is 17.9 Å². The first kappa shape index (κ1) is 17.5. The smallest absolute Gasteiger partial charge is 0.140 e. The highest BCUT2D eigenvalue weighted by Gasteiger charge is 2.28. The molecule has 146 valence electrons. The van der Waals surface area contributed by atoms with Gasteiger partial charge in [-0.2, -0.15) is 0 Å². The second kappa shape index (κ2) is 7.09. The van der Waals surface area contributed by atoms with Crippen molar-refractivity contribution in [1.82, 2.24) is 19.7 Å². The van der Waals surface area contributed by atoms with Crippen molar-refractivity contribution in [3.8, 4) is 17.1 Å². The van der Waals surface area contributed by atoms with Gasteiger partial charge in [0.25, 0.3) is 0 Å². The van der Waals surface area contributed by atoms with E-state index in [1.54, 1.807) is 7.11 Å². The SMILES string of the molecule is COc1cc2ncc(-c3cccc(N[C@H]4CNC[C@@H](C)C4)n3)n2cc1C1CC1. The number of anilines is 1. The molecule has 0 unspecified atom stereocenters. The van der Waals surface area contributed by atoms with Crippen LogP contribution in [0, 0.1) is 5.92 Å². The highest BCUT2D eigenvalue weighted by Crippen LogP contribution is 2.44. The molecule has 4 heterocycles. The summed E-state index contributed by atoms with van der Waals surface area (Å²) in [7, 11) is 1.74. The Morgan fingerprint density at radius 2 is 2.14 bits per heavy atom. The molecule has 1 saturated heterocycles. The lowest BCUT2D eigenvalue weighted by Gasteiger charge is -2.28. The van der Waals surface area contributed by atoms with Crippen molar-refractivity contribution < 1.29 is 4.74 Å². The fraction of sp³-hybridized carbons (Fsp3) is 0.455. The predicted molar refractivity (Wildman–Crippen MR) is 111 cm³/mol. The third-order valence-electron chi connectivity index (χ3n) is 5.81. The number of hydrogen-bond donors (Lipinski definition) is 2. The Morgan fingerprint density at radius 3 is 2.93 bits per heavy atom. The molecule has 28 heavy (non-hydrogen) atoms. The van der Waals surface area contributed by atoms with Crippen molar-refractivity contribution in [3.05, 3.63) is 42.2 Å². The Morgan fingerprint density at radius 1 is 1.25 bits per heavy atom. The second-order valence-electron chi connectivity index (χ2n) is 8.19. The average Bonchev–Trinajstić information content (AvgIpc) is 3.47. The summed E-state index contributed by atoms with van der Waals surface area (Å²) in [6.07, 6.45) is 7.72. The summed E-state index contributed by atoms with van der Waals surface area (Å²) in [4.78, 5) is 9.48. The van der Waals surface area contributed by atoms with Crippen LogP contribution in [0.2, 0.25) is 0 Å². The molecule has 6 nitrogen and oxygen atoms in total. The molecule has 2 atom stereocenters. The lowest BCUT2D eigenvalue weighted by atomic mass is 9.98. The lowest BCUT2D eigenvalue weighted by Crippen LogP contribution is -2.42. The van der Waals surface area contributed by atoms with Gasteiger partial charge in [-0.05, 0) is 49.8 Å². The van der Waals surface area contributed by atoms with E-state index in [2.05, 4.69) is 45.3 Å². The zero-order valence-corrected chi connectivity index (χ0v) is 16.5. The highest BCUT2D eigenvalue weighted by molar-refractivity contribution is 5.64. The van der Waals surface area contributed by atoms with Gasteiger partial charge >= 0.3 is 0 Å². The minimum Gasteiger partial charge on any atom is -0.496 e. The van der Waals surface area contributed by atoms with E-state index >= 15 is 0 Å². The maximum Gasteiger partial charge on any atom is 0.140 e. The summed E-state index contributed by atoms with van der Waals surface area (Å²) in [5.41, 5.74) is 4.10. The van der Waals surface area contributed by atoms with Crippen LogP contribution in [0.3, 0.4) is 0 Å². The molecular formula is C22H27N5O. The third-order valence-corrected chi connectivity index (χ3v) is 5.81. The number of imidazole rings is 1. The van der Waals surface area contributed by atoms with Crippen LogP contribution in [-0.4, -0.2) is 40.6 Å². The molecule has 6 heteroatoms. The topological polar surface area (TPSA) is 63.5 Å². The van der Waals surface area contributed by atoms with Crippen LogP contribution in [0.25, 0.3) is 17.0 Å². The van der Waals surface area contributed by atoms with Crippen LogP contribution < -0.4 is 15.4 Å². The first-order valence-corrected chi connectivity index (χ1v) is 10.2. The quantitative estimate of drug-likeness (QED) is 0.710. The Kier molecular flexibility index (Phi) is 4.43. The zero-order valence-electron chi connectivity index (χ0n) is 16.5. The fourth-order valence-electron chi connectivity index (χ4n) is 4.22. The summed E-state index contributed by atoms with van der Waals surface area (Å²) >= 11 is 0. The lowest BCUT2D eigenvalue weighted by molar-refractivity contribution is 0.378. The number of nitrogens with zero attached hydrogens (tertiary/aromatic N) is 3. The maximum atomic E-state index is 5.60. The number of nitrogens with one attached hydrogen (secondary N) is 2. The molecule has 0 radical (unpaired) electrons. The molecule has 3 aromatic heterocycles. The van der Waals surface area contributed by atoms with E-state index in [-0.39, 0.29) is 0 Å². The van der Waals surface area contributed by atoms with Crippen molar-refractivity contribution in [2.75, 3.05) is 25.5 Å². The number of hydrogen-bond acceptors (Lipinski definition) is 5. The Hall–Kier alpha value is -2.60. The molecule has 3 aromatic rings. The van der Waals surface area contributed by atoms with E-state index in [9.17, 15) is 0 Å². The average molecular weight is 377 g/mol. The van der Waals surface area contributed by atoms with Crippen LogP contribution in [0.15, 0.2) is 36.7 Å². The minimum atomic E-state index is 0.416. The molecule has 0 amide bonds.